The number of nitrogens with zero attached hydrogens (tertiary/aromatic N) is 2. The van der Waals surface area contributed by atoms with E-state index < -0.39 is 0 Å². The molecule has 0 radical (unpaired) electrons. The van der Waals surface area contributed by atoms with Crippen LogP contribution in [0.5, 0.6) is 0 Å². The smallest absolute Gasteiger partial charge is 0.225 e. The van der Waals surface area contributed by atoms with Gasteiger partial charge in [-0.25, -0.2) is 0 Å². The fourth-order valence-corrected chi connectivity index (χ4v) is 1.80. The third-order valence-electron chi connectivity index (χ3n) is 3.23. The molecular weight excluding hydrogens is 206 g/mol. The summed E-state index contributed by atoms with van der Waals surface area (Å²) in [4.78, 5) is 13.8. The summed E-state index contributed by atoms with van der Waals surface area (Å²) in [7, 11) is 0. The maximum atomic E-state index is 12.0. The van der Waals surface area contributed by atoms with Gasteiger partial charge in [-0.2, -0.15) is 0 Å². The van der Waals surface area contributed by atoms with Gasteiger partial charge in [-0.3, -0.25) is 4.79 Å². The van der Waals surface area contributed by atoms with Crippen LogP contribution in [0.1, 0.15) is 27.2 Å². The minimum Gasteiger partial charge on any atom is -0.409 e. The molecule has 1 fully saturated rings. The molecule has 0 bridgehead atoms. The predicted molar refractivity (Wildman–Crippen MR) is 62.1 cm³/mol. The molecule has 0 aliphatic heterocycles. The largest absolute Gasteiger partial charge is 0.409 e. The summed E-state index contributed by atoms with van der Waals surface area (Å²) in [5, 5.41) is 11.5. The molecule has 5 nitrogen and oxygen atoms in total. The van der Waals surface area contributed by atoms with Gasteiger partial charge in [-0.1, -0.05) is 19.0 Å². The Morgan fingerprint density at radius 3 is 2.62 bits per heavy atom. The molecule has 1 saturated carbocycles. The molecule has 92 valence electrons. The lowest BCUT2D eigenvalue weighted by Crippen LogP contribution is -2.39. The van der Waals surface area contributed by atoms with Gasteiger partial charge < -0.3 is 15.8 Å². The first-order valence-corrected chi connectivity index (χ1v) is 5.77. The molecule has 0 aromatic heterocycles. The Balaban J connectivity index is 2.51. The molecule has 0 saturated heterocycles. The number of hydrogen-bond acceptors (Lipinski definition) is 3. The lowest BCUT2D eigenvalue weighted by atomic mass is 10.1. The van der Waals surface area contributed by atoms with Gasteiger partial charge in [0.1, 0.15) is 5.84 Å². The number of carbonyl (C=O) groups is 1. The fourth-order valence-electron chi connectivity index (χ4n) is 1.80. The highest BCUT2D eigenvalue weighted by Gasteiger charge is 2.41. The number of nitrogens with two attached hydrogens (primary N) is 1. The van der Waals surface area contributed by atoms with Crippen molar-refractivity contribution in [3.8, 4) is 0 Å². The summed E-state index contributed by atoms with van der Waals surface area (Å²) in [6.07, 6.45) is 0.993. The maximum absolute atomic E-state index is 12.0. The van der Waals surface area contributed by atoms with Gasteiger partial charge in [-0.05, 0) is 19.3 Å². The van der Waals surface area contributed by atoms with Gasteiger partial charge >= 0.3 is 0 Å². The lowest BCUT2D eigenvalue weighted by molar-refractivity contribution is -0.133. The number of amides is 1. The molecule has 0 heterocycles. The molecule has 3 atom stereocenters. The molecule has 16 heavy (non-hydrogen) atoms. The van der Waals surface area contributed by atoms with Crippen molar-refractivity contribution in [1.29, 1.82) is 0 Å². The Labute approximate surface area is 96.3 Å². The average Bonchev–Trinajstić information content (AvgIpc) is 3.00. The Morgan fingerprint density at radius 1 is 1.69 bits per heavy atom. The van der Waals surface area contributed by atoms with Crippen LogP contribution < -0.4 is 5.73 Å². The van der Waals surface area contributed by atoms with E-state index in [4.69, 9.17) is 10.9 Å². The molecule has 1 aliphatic rings. The van der Waals surface area contributed by atoms with Crippen LogP contribution in [-0.4, -0.2) is 34.9 Å². The average molecular weight is 227 g/mol. The van der Waals surface area contributed by atoms with E-state index in [9.17, 15) is 4.79 Å². The standard InChI is InChI=1S/C11H21N3O2/c1-4-14(6-8(3)10(12)13-16)11(15)9-5-7(9)2/h7-9,16H,4-6H2,1-3H3,(H2,12,13). The highest BCUT2D eigenvalue weighted by Crippen LogP contribution is 2.39. The van der Waals surface area contributed by atoms with Gasteiger partial charge in [0.2, 0.25) is 5.91 Å². The van der Waals surface area contributed by atoms with E-state index in [0.717, 1.165) is 6.42 Å². The van der Waals surface area contributed by atoms with Crippen LogP contribution in [0, 0.1) is 17.8 Å². The van der Waals surface area contributed by atoms with E-state index in [1.54, 1.807) is 4.90 Å². The zero-order valence-corrected chi connectivity index (χ0v) is 10.2. The Hall–Kier alpha value is -1.26. The van der Waals surface area contributed by atoms with E-state index in [1.165, 1.54) is 0 Å². The van der Waals surface area contributed by atoms with Crippen molar-refractivity contribution in [2.45, 2.75) is 27.2 Å². The first kappa shape index (κ1) is 12.8. The Morgan fingerprint density at radius 2 is 2.25 bits per heavy atom. The molecule has 3 unspecified atom stereocenters. The highest BCUT2D eigenvalue weighted by molar-refractivity contribution is 5.84. The number of amidine groups is 1. The Kier molecular flexibility index (Phi) is 4.15. The zero-order chi connectivity index (χ0) is 12.3. The van der Waals surface area contributed by atoms with Crippen LogP contribution >= 0.6 is 0 Å². The number of rotatable bonds is 5. The van der Waals surface area contributed by atoms with Crippen molar-refractivity contribution >= 4 is 11.7 Å². The van der Waals surface area contributed by atoms with Crippen molar-refractivity contribution in [3.63, 3.8) is 0 Å². The van der Waals surface area contributed by atoms with Crippen LogP contribution in [0.15, 0.2) is 5.16 Å². The highest BCUT2D eigenvalue weighted by atomic mass is 16.4. The second-order valence-electron chi connectivity index (χ2n) is 4.62. The van der Waals surface area contributed by atoms with Crippen LogP contribution in [0.25, 0.3) is 0 Å². The van der Waals surface area contributed by atoms with Crippen LogP contribution in [0.2, 0.25) is 0 Å². The first-order chi connectivity index (χ1) is 7.51. The van der Waals surface area contributed by atoms with E-state index in [0.29, 0.717) is 19.0 Å². The monoisotopic (exact) mass is 227 g/mol. The first-order valence-electron chi connectivity index (χ1n) is 5.77. The minimum atomic E-state index is -0.108. The third kappa shape index (κ3) is 2.87. The van der Waals surface area contributed by atoms with Crippen LogP contribution in [-0.2, 0) is 4.79 Å². The van der Waals surface area contributed by atoms with Gasteiger partial charge in [0.15, 0.2) is 0 Å². The predicted octanol–water partition coefficient (Wildman–Crippen LogP) is 0.873. The Bertz CT molecular complexity index is 291. The van der Waals surface area contributed by atoms with E-state index in [2.05, 4.69) is 12.1 Å². The normalized spacial score (nSPS) is 26.3. The summed E-state index contributed by atoms with van der Waals surface area (Å²) in [6.45, 7) is 7.08. The molecule has 5 heteroatoms. The zero-order valence-electron chi connectivity index (χ0n) is 10.2. The van der Waals surface area contributed by atoms with Crippen molar-refractivity contribution in [2.75, 3.05) is 13.1 Å². The van der Waals surface area contributed by atoms with Crippen molar-refractivity contribution in [2.24, 2.45) is 28.6 Å². The second kappa shape index (κ2) is 5.18. The molecule has 0 aromatic rings. The van der Waals surface area contributed by atoms with E-state index in [-0.39, 0.29) is 23.6 Å². The molecule has 3 N–H and O–H groups in total. The van der Waals surface area contributed by atoms with Gasteiger partial charge in [-0.15, -0.1) is 0 Å². The molecular formula is C11H21N3O2. The summed E-state index contributed by atoms with van der Waals surface area (Å²) in [6, 6.07) is 0. The molecule has 1 amide bonds. The summed E-state index contributed by atoms with van der Waals surface area (Å²) in [5.41, 5.74) is 5.50. The van der Waals surface area contributed by atoms with Gasteiger partial charge in [0.05, 0.1) is 0 Å². The van der Waals surface area contributed by atoms with Gasteiger partial charge in [0.25, 0.3) is 0 Å². The van der Waals surface area contributed by atoms with E-state index >= 15 is 0 Å². The van der Waals surface area contributed by atoms with Crippen molar-refractivity contribution < 1.29 is 10.0 Å². The van der Waals surface area contributed by atoms with Gasteiger partial charge in [0, 0.05) is 24.9 Å². The number of hydrogen-bond donors (Lipinski definition) is 2. The molecule has 1 aliphatic carbocycles. The summed E-state index contributed by atoms with van der Waals surface area (Å²) in [5.74, 6) is 0.978. The molecule has 0 aromatic carbocycles. The topological polar surface area (TPSA) is 78.9 Å². The summed E-state index contributed by atoms with van der Waals surface area (Å²) < 4.78 is 0. The lowest BCUT2D eigenvalue weighted by Gasteiger charge is -2.24. The SMILES string of the molecule is CCN(CC(C)C(N)=NO)C(=O)C1CC1C. The van der Waals surface area contributed by atoms with E-state index in [1.807, 2.05) is 13.8 Å². The fraction of sp³-hybridized carbons (Fsp3) is 0.818. The quantitative estimate of drug-likeness (QED) is 0.316. The second-order valence-corrected chi connectivity index (χ2v) is 4.62. The molecule has 0 spiro atoms. The van der Waals surface area contributed by atoms with Crippen molar-refractivity contribution in [1.82, 2.24) is 4.90 Å². The van der Waals surface area contributed by atoms with Crippen LogP contribution in [0.4, 0.5) is 0 Å². The maximum Gasteiger partial charge on any atom is 0.225 e. The molecule has 1 rings (SSSR count). The number of carbonyl (C=O) groups excluding carboxylic acids is 1. The third-order valence-corrected chi connectivity index (χ3v) is 3.23. The minimum absolute atomic E-state index is 0.108. The van der Waals surface area contributed by atoms with Crippen molar-refractivity contribution in [3.05, 3.63) is 0 Å². The summed E-state index contributed by atoms with van der Waals surface area (Å²) >= 11 is 0. The number of oxime groups is 1. The van der Waals surface area contributed by atoms with Crippen LogP contribution in [0.3, 0.4) is 0 Å².